The molecular weight excluding hydrogens is 256 g/mol. The van der Waals surface area contributed by atoms with Crippen LogP contribution >= 0.6 is 15.9 Å². The second kappa shape index (κ2) is 3.94. The van der Waals surface area contributed by atoms with Gasteiger partial charge in [-0.25, -0.2) is 0 Å². The van der Waals surface area contributed by atoms with Gasteiger partial charge in [0.25, 0.3) is 0 Å². The van der Waals surface area contributed by atoms with Crippen LogP contribution in [-0.2, 0) is 4.84 Å². The molecule has 3 nitrogen and oxygen atoms in total. The number of hydrogen-bond acceptors (Lipinski definition) is 3. The summed E-state index contributed by atoms with van der Waals surface area (Å²) in [5.41, 5.74) is 7.36. The quantitative estimate of drug-likeness (QED) is 0.895. The van der Waals surface area contributed by atoms with Crippen molar-refractivity contribution in [2.75, 3.05) is 6.54 Å². The predicted molar refractivity (Wildman–Crippen MR) is 63.8 cm³/mol. The summed E-state index contributed by atoms with van der Waals surface area (Å²) >= 11 is 3.40. The van der Waals surface area contributed by atoms with Gasteiger partial charge < -0.3 is 10.6 Å². The summed E-state index contributed by atoms with van der Waals surface area (Å²) in [6.45, 7) is 2.46. The Kier molecular flexibility index (Phi) is 2.80. The molecule has 1 aromatic carbocycles. The Balaban J connectivity index is 2.17. The lowest BCUT2D eigenvalue weighted by molar-refractivity contribution is 0.00422. The van der Waals surface area contributed by atoms with Crippen molar-refractivity contribution >= 4 is 21.6 Å². The monoisotopic (exact) mass is 268 g/mol. The van der Waals surface area contributed by atoms with Gasteiger partial charge in [0.2, 0.25) is 0 Å². The van der Waals surface area contributed by atoms with Crippen LogP contribution in [0, 0.1) is 0 Å². The first-order valence-corrected chi connectivity index (χ1v) is 5.63. The second-order valence-electron chi connectivity index (χ2n) is 3.97. The number of halogens is 1. The summed E-state index contributed by atoms with van der Waals surface area (Å²) in [7, 11) is 0. The van der Waals surface area contributed by atoms with E-state index in [1.165, 1.54) is 0 Å². The smallest absolute Gasteiger partial charge is 0.152 e. The van der Waals surface area contributed by atoms with Crippen molar-refractivity contribution in [2.24, 2.45) is 10.9 Å². The maximum atomic E-state index is 5.63. The highest BCUT2D eigenvalue weighted by molar-refractivity contribution is 9.10. The third-order valence-electron chi connectivity index (χ3n) is 2.53. The van der Waals surface area contributed by atoms with Gasteiger partial charge in [-0.3, -0.25) is 0 Å². The zero-order chi connectivity index (χ0) is 10.9. The van der Waals surface area contributed by atoms with Crippen LogP contribution < -0.4 is 5.73 Å². The van der Waals surface area contributed by atoms with E-state index in [4.69, 9.17) is 10.6 Å². The van der Waals surface area contributed by atoms with Gasteiger partial charge in [0.15, 0.2) is 5.60 Å². The van der Waals surface area contributed by atoms with Crippen molar-refractivity contribution in [2.45, 2.75) is 18.9 Å². The summed E-state index contributed by atoms with van der Waals surface area (Å²) in [5, 5.41) is 4.08. The maximum absolute atomic E-state index is 5.63. The number of nitrogens with zero attached hydrogens (tertiary/aromatic N) is 1. The molecule has 0 aliphatic carbocycles. The summed E-state index contributed by atoms with van der Waals surface area (Å²) in [4.78, 5) is 5.34. The van der Waals surface area contributed by atoms with Gasteiger partial charge in [-0.05, 0) is 24.6 Å². The first-order chi connectivity index (χ1) is 7.13. The molecule has 1 heterocycles. The first-order valence-electron chi connectivity index (χ1n) is 4.84. The van der Waals surface area contributed by atoms with Gasteiger partial charge in [0.1, 0.15) is 0 Å². The fraction of sp³-hybridized carbons (Fsp3) is 0.364. The number of nitrogens with two attached hydrogens (primary N) is 1. The van der Waals surface area contributed by atoms with Crippen LogP contribution in [0.1, 0.15) is 18.9 Å². The standard InChI is InChI=1S/C11H13BrN2O/c1-11(7-13)6-10(14-15-11)8-2-4-9(12)5-3-8/h2-5H,6-7,13H2,1H3. The molecule has 0 bridgehead atoms. The molecule has 0 fully saturated rings. The zero-order valence-electron chi connectivity index (χ0n) is 8.53. The van der Waals surface area contributed by atoms with E-state index in [-0.39, 0.29) is 5.60 Å². The third-order valence-corrected chi connectivity index (χ3v) is 3.06. The summed E-state index contributed by atoms with van der Waals surface area (Å²) in [5.74, 6) is 0. The molecule has 0 saturated heterocycles. The van der Waals surface area contributed by atoms with E-state index in [2.05, 4.69) is 21.1 Å². The van der Waals surface area contributed by atoms with Crippen LogP contribution in [0.4, 0.5) is 0 Å². The number of rotatable bonds is 2. The average Bonchev–Trinajstić information content (AvgIpc) is 2.63. The van der Waals surface area contributed by atoms with Gasteiger partial charge >= 0.3 is 0 Å². The maximum Gasteiger partial charge on any atom is 0.152 e. The van der Waals surface area contributed by atoms with E-state index in [9.17, 15) is 0 Å². The van der Waals surface area contributed by atoms with Crippen molar-refractivity contribution < 1.29 is 4.84 Å². The highest BCUT2D eigenvalue weighted by atomic mass is 79.9. The molecule has 2 N–H and O–H groups in total. The number of benzene rings is 1. The minimum Gasteiger partial charge on any atom is -0.387 e. The normalized spacial score (nSPS) is 24.9. The van der Waals surface area contributed by atoms with Crippen LogP contribution in [0.2, 0.25) is 0 Å². The highest BCUT2D eigenvalue weighted by Gasteiger charge is 2.33. The Labute approximate surface area is 97.4 Å². The summed E-state index contributed by atoms with van der Waals surface area (Å²) in [6.07, 6.45) is 0.769. The van der Waals surface area contributed by atoms with Gasteiger partial charge in [-0.2, -0.15) is 0 Å². The number of hydrogen-bond donors (Lipinski definition) is 1. The molecule has 4 heteroatoms. The number of oxime groups is 1. The topological polar surface area (TPSA) is 47.6 Å². The Hall–Kier alpha value is -0.870. The van der Waals surface area contributed by atoms with Crippen LogP contribution in [0.5, 0.6) is 0 Å². The molecule has 1 aromatic rings. The minimum atomic E-state index is -0.331. The summed E-state index contributed by atoms with van der Waals surface area (Å²) < 4.78 is 1.06. The highest BCUT2D eigenvalue weighted by Crippen LogP contribution is 2.25. The molecule has 0 spiro atoms. The molecule has 1 atom stereocenters. The van der Waals surface area contributed by atoms with Gasteiger partial charge in [0.05, 0.1) is 5.71 Å². The van der Waals surface area contributed by atoms with E-state index in [0.717, 1.165) is 22.2 Å². The Morgan fingerprint density at radius 3 is 2.67 bits per heavy atom. The van der Waals surface area contributed by atoms with Gasteiger partial charge in [0, 0.05) is 17.4 Å². The van der Waals surface area contributed by atoms with Crippen LogP contribution in [0.3, 0.4) is 0 Å². The van der Waals surface area contributed by atoms with Crippen LogP contribution in [0.15, 0.2) is 33.9 Å². The van der Waals surface area contributed by atoms with Crippen LogP contribution in [-0.4, -0.2) is 17.9 Å². The lowest BCUT2D eigenvalue weighted by atomic mass is 9.96. The summed E-state index contributed by atoms with van der Waals surface area (Å²) in [6, 6.07) is 8.04. The van der Waals surface area contributed by atoms with E-state index in [0.29, 0.717) is 6.54 Å². The van der Waals surface area contributed by atoms with Crippen molar-refractivity contribution in [1.82, 2.24) is 0 Å². The molecule has 2 rings (SSSR count). The SMILES string of the molecule is CC1(CN)CC(c2ccc(Br)cc2)=NO1. The molecule has 1 aliphatic heterocycles. The lowest BCUT2D eigenvalue weighted by Crippen LogP contribution is -2.34. The Bertz CT molecular complexity index is 388. The van der Waals surface area contributed by atoms with E-state index < -0.39 is 0 Å². The largest absolute Gasteiger partial charge is 0.387 e. The van der Waals surface area contributed by atoms with E-state index in [1.807, 2.05) is 31.2 Å². The molecule has 0 amide bonds. The molecule has 1 aliphatic rings. The molecule has 0 radical (unpaired) electrons. The lowest BCUT2D eigenvalue weighted by Gasteiger charge is -2.17. The molecule has 80 valence electrons. The minimum absolute atomic E-state index is 0.331. The fourth-order valence-corrected chi connectivity index (χ4v) is 1.75. The van der Waals surface area contributed by atoms with Gasteiger partial charge in [-0.1, -0.05) is 33.2 Å². The Morgan fingerprint density at radius 2 is 2.13 bits per heavy atom. The Morgan fingerprint density at radius 1 is 1.47 bits per heavy atom. The van der Waals surface area contributed by atoms with E-state index >= 15 is 0 Å². The zero-order valence-corrected chi connectivity index (χ0v) is 10.1. The molecular formula is C11H13BrN2O. The van der Waals surface area contributed by atoms with Crippen molar-refractivity contribution in [3.05, 3.63) is 34.3 Å². The van der Waals surface area contributed by atoms with Crippen molar-refractivity contribution in [3.63, 3.8) is 0 Å². The molecule has 1 unspecified atom stereocenters. The third kappa shape index (κ3) is 2.21. The predicted octanol–water partition coefficient (Wildman–Crippen LogP) is 2.29. The van der Waals surface area contributed by atoms with E-state index in [1.54, 1.807) is 0 Å². The molecule has 0 saturated carbocycles. The van der Waals surface area contributed by atoms with Gasteiger partial charge in [-0.15, -0.1) is 0 Å². The molecule has 0 aromatic heterocycles. The van der Waals surface area contributed by atoms with Crippen molar-refractivity contribution in [3.8, 4) is 0 Å². The molecule has 15 heavy (non-hydrogen) atoms. The van der Waals surface area contributed by atoms with Crippen molar-refractivity contribution in [1.29, 1.82) is 0 Å². The van der Waals surface area contributed by atoms with Crippen LogP contribution in [0.25, 0.3) is 0 Å². The first kappa shape index (κ1) is 10.6. The fourth-order valence-electron chi connectivity index (χ4n) is 1.49. The second-order valence-corrected chi connectivity index (χ2v) is 4.88. The average molecular weight is 269 g/mol.